The lowest BCUT2D eigenvalue weighted by Crippen LogP contribution is -2.38. The zero-order valence-electron chi connectivity index (χ0n) is 10.6. The number of phenolic OH excluding ortho intramolecular Hbond substituents is 2. The SMILES string of the molecule is CC(C)CC(CO)NC(=O)c1ccc(O)c(O)c1. The van der Waals surface area contributed by atoms with Gasteiger partial charge in [0.25, 0.3) is 5.91 Å². The maximum Gasteiger partial charge on any atom is 0.251 e. The van der Waals surface area contributed by atoms with E-state index in [1.165, 1.54) is 18.2 Å². The Balaban J connectivity index is 2.71. The summed E-state index contributed by atoms with van der Waals surface area (Å²) in [5.74, 6) is -0.639. The number of amides is 1. The highest BCUT2D eigenvalue weighted by molar-refractivity contribution is 5.95. The van der Waals surface area contributed by atoms with Crippen LogP contribution in [-0.2, 0) is 0 Å². The largest absolute Gasteiger partial charge is 0.504 e. The highest BCUT2D eigenvalue weighted by atomic mass is 16.3. The molecule has 1 atom stereocenters. The topological polar surface area (TPSA) is 89.8 Å². The number of carbonyl (C=O) groups excluding carboxylic acids is 1. The zero-order valence-corrected chi connectivity index (χ0v) is 10.6. The van der Waals surface area contributed by atoms with Crippen LogP contribution in [0.4, 0.5) is 0 Å². The molecule has 0 aliphatic rings. The summed E-state index contributed by atoms with van der Waals surface area (Å²) < 4.78 is 0. The van der Waals surface area contributed by atoms with Gasteiger partial charge in [0.05, 0.1) is 12.6 Å². The Bertz CT molecular complexity index is 417. The highest BCUT2D eigenvalue weighted by Crippen LogP contribution is 2.24. The molecule has 0 spiro atoms. The number of phenols is 2. The second-order valence-electron chi connectivity index (χ2n) is 4.69. The number of benzene rings is 1. The van der Waals surface area contributed by atoms with E-state index in [1.807, 2.05) is 13.8 Å². The molecule has 0 bridgehead atoms. The summed E-state index contributed by atoms with van der Waals surface area (Å²) in [5.41, 5.74) is 0.243. The number of aromatic hydroxyl groups is 2. The molecule has 0 saturated heterocycles. The third-order valence-corrected chi connectivity index (χ3v) is 2.55. The molecule has 100 valence electrons. The van der Waals surface area contributed by atoms with Crippen molar-refractivity contribution in [1.82, 2.24) is 5.32 Å². The Morgan fingerprint density at radius 2 is 1.94 bits per heavy atom. The number of rotatable bonds is 5. The normalized spacial score (nSPS) is 12.4. The summed E-state index contributed by atoms with van der Waals surface area (Å²) >= 11 is 0. The van der Waals surface area contributed by atoms with Gasteiger partial charge >= 0.3 is 0 Å². The minimum Gasteiger partial charge on any atom is -0.504 e. The number of hydrogen-bond acceptors (Lipinski definition) is 4. The van der Waals surface area contributed by atoms with Gasteiger partial charge in [0.2, 0.25) is 0 Å². The van der Waals surface area contributed by atoms with Crippen molar-refractivity contribution in [3.8, 4) is 11.5 Å². The predicted octanol–water partition coefficient (Wildman–Crippen LogP) is 1.23. The van der Waals surface area contributed by atoms with Crippen molar-refractivity contribution < 1.29 is 20.1 Å². The van der Waals surface area contributed by atoms with Crippen LogP contribution < -0.4 is 5.32 Å². The minimum atomic E-state index is -0.384. The molecule has 1 amide bonds. The third kappa shape index (κ3) is 3.92. The van der Waals surface area contributed by atoms with Gasteiger partial charge in [-0.15, -0.1) is 0 Å². The lowest BCUT2D eigenvalue weighted by atomic mass is 10.0. The summed E-state index contributed by atoms with van der Waals surface area (Å²) in [4.78, 5) is 11.8. The van der Waals surface area contributed by atoms with Gasteiger partial charge in [0.15, 0.2) is 11.5 Å². The molecule has 18 heavy (non-hydrogen) atoms. The van der Waals surface area contributed by atoms with E-state index in [0.29, 0.717) is 12.3 Å². The van der Waals surface area contributed by atoms with Crippen LogP contribution in [0.3, 0.4) is 0 Å². The Hall–Kier alpha value is -1.75. The Morgan fingerprint density at radius 3 is 2.44 bits per heavy atom. The molecule has 1 aromatic carbocycles. The summed E-state index contributed by atoms with van der Waals surface area (Å²) in [6.07, 6.45) is 0.673. The molecule has 0 radical (unpaired) electrons. The average molecular weight is 253 g/mol. The number of carbonyl (C=O) groups is 1. The summed E-state index contributed by atoms with van der Waals surface area (Å²) in [6, 6.07) is 3.54. The third-order valence-electron chi connectivity index (χ3n) is 2.55. The van der Waals surface area contributed by atoms with Crippen molar-refractivity contribution >= 4 is 5.91 Å². The van der Waals surface area contributed by atoms with Crippen molar-refractivity contribution in [2.45, 2.75) is 26.3 Å². The number of hydrogen-bond donors (Lipinski definition) is 4. The molecule has 0 aliphatic heterocycles. The van der Waals surface area contributed by atoms with Crippen LogP contribution >= 0.6 is 0 Å². The molecule has 0 heterocycles. The van der Waals surface area contributed by atoms with Gasteiger partial charge in [-0.25, -0.2) is 0 Å². The maximum absolute atomic E-state index is 11.8. The average Bonchev–Trinajstić information content (AvgIpc) is 2.31. The molecule has 0 saturated carbocycles. The fraction of sp³-hybridized carbons (Fsp3) is 0.462. The lowest BCUT2D eigenvalue weighted by molar-refractivity contribution is 0.0908. The first-order valence-electron chi connectivity index (χ1n) is 5.87. The molecule has 1 rings (SSSR count). The molecule has 1 unspecified atom stereocenters. The fourth-order valence-electron chi connectivity index (χ4n) is 1.68. The van der Waals surface area contributed by atoms with Crippen LogP contribution in [0, 0.1) is 5.92 Å². The molecule has 0 aliphatic carbocycles. The molecule has 5 heteroatoms. The van der Waals surface area contributed by atoms with Gasteiger partial charge in [-0.2, -0.15) is 0 Å². The number of nitrogens with one attached hydrogen (secondary N) is 1. The summed E-state index contributed by atoms with van der Waals surface area (Å²) in [7, 11) is 0. The molecular formula is C13H19NO4. The predicted molar refractivity (Wildman–Crippen MR) is 67.6 cm³/mol. The van der Waals surface area contributed by atoms with E-state index in [2.05, 4.69) is 5.32 Å². The van der Waals surface area contributed by atoms with Crippen LogP contribution in [0.5, 0.6) is 11.5 Å². The van der Waals surface area contributed by atoms with Gasteiger partial charge in [-0.3, -0.25) is 4.79 Å². The van der Waals surface area contributed by atoms with Gasteiger partial charge in [0.1, 0.15) is 0 Å². The first-order chi connectivity index (χ1) is 8.43. The van der Waals surface area contributed by atoms with E-state index >= 15 is 0 Å². The maximum atomic E-state index is 11.8. The van der Waals surface area contributed by atoms with E-state index in [4.69, 9.17) is 10.2 Å². The van der Waals surface area contributed by atoms with Crippen LogP contribution in [0.1, 0.15) is 30.6 Å². The second-order valence-corrected chi connectivity index (χ2v) is 4.69. The summed E-state index contributed by atoms with van der Waals surface area (Å²) in [5, 5.41) is 30.3. The minimum absolute atomic E-state index is 0.131. The van der Waals surface area contributed by atoms with E-state index in [1.54, 1.807) is 0 Å². The Morgan fingerprint density at radius 1 is 1.28 bits per heavy atom. The number of aliphatic hydroxyl groups is 1. The van der Waals surface area contributed by atoms with Gasteiger partial charge in [-0.05, 0) is 30.5 Å². The molecular weight excluding hydrogens is 234 g/mol. The van der Waals surface area contributed by atoms with Crippen molar-refractivity contribution in [3.05, 3.63) is 23.8 Å². The van der Waals surface area contributed by atoms with Gasteiger partial charge < -0.3 is 20.6 Å². The quantitative estimate of drug-likeness (QED) is 0.594. The second kappa shape index (κ2) is 6.26. The van der Waals surface area contributed by atoms with E-state index in [9.17, 15) is 9.90 Å². The molecule has 4 N–H and O–H groups in total. The van der Waals surface area contributed by atoms with Crippen molar-refractivity contribution in [1.29, 1.82) is 0 Å². The van der Waals surface area contributed by atoms with Crippen LogP contribution in [0.15, 0.2) is 18.2 Å². The van der Waals surface area contributed by atoms with Gasteiger partial charge in [-0.1, -0.05) is 13.8 Å². The zero-order chi connectivity index (χ0) is 13.7. The molecule has 5 nitrogen and oxygen atoms in total. The smallest absolute Gasteiger partial charge is 0.251 e. The van der Waals surface area contributed by atoms with Crippen LogP contribution in [0.25, 0.3) is 0 Å². The lowest BCUT2D eigenvalue weighted by Gasteiger charge is -2.18. The monoisotopic (exact) mass is 253 g/mol. The van der Waals surface area contributed by atoms with E-state index in [0.717, 1.165) is 0 Å². The Kier molecular flexibility index (Phi) is 4.97. The summed E-state index contributed by atoms with van der Waals surface area (Å²) in [6.45, 7) is 3.87. The molecule has 1 aromatic rings. The molecule has 0 fully saturated rings. The van der Waals surface area contributed by atoms with Crippen LogP contribution in [-0.4, -0.2) is 33.9 Å². The molecule has 0 aromatic heterocycles. The first-order valence-corrected chi connectivity index (χ1v) is 5.87. The highest BCUT2D eigenvalue weighted by Gasteiger charge is 2.15. The standard InChI is InChI=1S/C13H19NO4/c1-8(2)5-10(7-15)14-13(18)9-3-4-11(16)12(17)6-9/h3-4,6,8,10,15-17H,5,7H2,1-2H3,(H,14,18). The van der Waals surface area contributed by atoms with Gasteiger partial charge in [0, 0.05) is 5.56 Å². The van der Waals surface area contributed by atoms with Crippen LogP contribution in [0.2, 0.25) is 0 Å². The number of aliphatic hydroxyl groups excluding tert-OH is 1. The first kappa shape index (κ1) is 14.3. The fourth-order valence-corrected chi connectivity index (χ4v) is 1.68. The van der Waals surface area contributed by atoms with Crippen molar-refractivity contribution in [2.75, 3.05) is 6.61 Å². The Labute approximate surface area is 106 Å². The van der Waals surface area contributed by atoms with E-state index in [-0.39, 0.29) is 35.6 Å². The van der Waals surface area contributed by atoms with Crippen molar-refractivity contribution in [2.24, 2.45) is 5.92 Å². The van der Waals surface area contributed by atoms with E-state index < -0.39 is 0 Å². The van der Waals surface area contributed by atoms with Crippen molar-refractivity contribution in [3.63, 3.8) is 0 Å².